The van der Waals surface area contributed by atoms with Crippen LogP contribution in [-0.2, 0) is 0 Å². The zero-order valence-corrected chi connectivity index (χ0v) is 11.5. The second-order valence-electron chi connectivity index (χ2n) is 4.37. The zero-order valence-electron chi connectivity index (χ0n) is 10.8. The van der Waals surface area contributed by atoms with Gasteiger partial charge >= 0.3 is 0 Å². The minimum atomic E-state index is -0.482. The second kappa shape index (κ2) is 5.38. The Kier molecular flexibility index (Phi) is 3.41. The van der Waals surface area contributed by atoms with Crippen molar-refractivity contribution in [3.8, 4) is 0 Å². The van der Waals surface area contributed by atoms with Crippen LogP contribution >= 0.6 is 11.6 Å². The average molecular weight is 300 g/mol. The Balaban J connectivity index is 2.03. The lowest BCUT2D eigenvalue weighted by molar-refractivity contribution is 0.102. The van der Waals surface area contributed by atoms with E-state index in [2.05, 4.69) is 15.3 Å². The number of hydrogen-bond acceptors (Lipinski definition) is 3. The number of aromatic nitrogens is 2. The molecule has 21 heavy (non-hydrogen) atoms. The summed E-state index contributed by atoms with van der Waals surface area (Å²) in [6, 6.07) is 8.20. The van der Waals surface area contributed by atoms with Gasteiger partial charge in [-0.25, -0.2) is 0 Å². The van der Waals surface area contributed by atoms with Crippen molar-refractivity contribution < 1.29 is 4.79 Å². The van der Waals surface area contributed by atoms with Crippen molar-refractivity contribution in [2.45, 2.75) is 0 Å². The zero-order chi connectivity index (χ0) is 14.8. The lowest BCUT2D eigenvalue weighted by Gasteiger charge is -2.09. The van der Waals surface area contributed by atoms with E-state index >= 15 is 0 Å². The van der Waals surface area contributed by atoms with Gasteiger partial charge in [0.15, 0.2) is 5.43 Å². The predicted molar refractivity (Wildman–Crippen MR) is 81.8 cm³/mol. The summed E-state index contributed by atoms with van der Waals surface area (Å²) in [5.41, 5.74) is 0.849. The fraction of sp³-hybridized carbons (Fsp3) is 0. The molecule has 3 aromatic rings. The highest BCUT2D eigenvalue weighted by Crippen LogP contribution is 2.28. The molecule has 1 amide bonds. The van der Waals surface area contributed by atoms with E-state index < -0.39 is 5.91 Å². The summed E-state index contributed by atoms with van der Waals surface area (Å²) in [4.78, 5) is 30.7. The molecule has 0 saturated carbocycles. The summed E-state index contributed by atoms with van der Waals surface area (Å²) in [6.07, 6.45) is 4.47. The first-order valence-corrected chi connectivity index (χ1v) is 6.56. The highest BCUT2D eigenvalue weighted by Gasteiger charge is 2.12. The van der Waals surface area contributed by atoms with Gasteiger partial charge < -0.3 is 10.3 Å². The number of pyridine rings is 2. The number of carbonyl (C=O) groups is 1. The smallest absolute Gasteiger partial charge is 0.261 e. The SMILES string of the molecule is O=C(Nc1ccc(Cl)c2ncccc12)c1c[nH]ccc1=O. The maximum Gasteiger partial charge on any atom is 0.261 e. The summed E-state index contributed by atoms with van der Waals surface area (Å²) in [6.45, 7) is 0. The van der Waals surface area contributed by atoms with Gasteiger partial charge in [-0.05, 0) is 24.3 Å². The molecule has 0 aliphatic rings. The average Bonchev–Trinajstić information content (AvgIpc) is 2.51. The number of benzene rings is 1. The van der Waals surface area contributed by atoms with E-state index in [1.807, 2.05) is 0 Å². The number of H-pyrrole nitrogens is 1. The van der Waals surface area contributed by atoms with E-state index in [4.69, 9.17) is 11.6 Å². The van der Waals surface area contributed by atoms with Crippen LogP contribution in [0.5, 0.6) is 0 Å². The summed E-state index contributed by atoms with van der Waals surface area (Å²) in [5.74, 6) is -0.482. The number of aromatic amines is 1. The maximum atomic E-state index is 12.2. The van der Waals surface area contributed by atoms with Crippen molar-refractivity contribution >= 4 is 34.1 Å². The molecule has 3 rings (SSSR count). The molecule has 0 saturated heterocycles. The molecule has 0 radical (unpaired) electrons. The fourth-order valence-corrected chi connectivity index (χ4v) is 2.24. The Morgan fingerprint density at radius 2 is 2.10 bits per heavy atom. The topological polar surface area (TPSA) is 74.8 Å². The highest BCUT2D eigenvalue weighted by molar-refractivity contribution is 6.35. The van der Waals surface area contributed by atoms with Crippen LogP contribution < -0.4 is 10.7 Å². The van der Waals surface area contributed by atoms with Crippen LogP contribution in [0, 0.1) is 0 Å². The lowest BCUT2D eigenvalue weighted by Crippen LogP contribution is -2.21. The van der Waals surface area contributed by atoms with Gasteiger partial charge in [-0.15, -0.1) is 0 Å². The Morgan fingerprint density at radius 3 is 2.90 bits per heavy atom. The van der Waals surface area contributed by atoms with Crippen LogP contribution in [0.2, 0.25) is 5.02 Å². The summed E-state index contributed by atoms with van der Waals surface area (Å²) in [7, 11) is 0. The number of amides is 1. The number of fused-ring (bicyclic) bond motifs is 1. The minimum Gasteiger partial charge on any atom is -0.367 e. The van der Waals surface area contributed by atoms with Gasteiger partial charge in [0.25, 0.3) is 5.91 Å². The van der Waals surface area contributed by atoms with Crippen molar-refractivity contribution in [2.75, 3.05) is 5.32 Å². The quantitative estimate of drug-likeness (QED) is 0.764. The van der Waals surface area contributed by atoms with Crippen LogP contribution in [-0.4, -0.2) is 15.9 Å². The molecule has 0 aliphatic carbocycles. The molecule has 0 unspecified atom stereocenters. The van der Waals surface area contributed by atoms with E-state index in [-0.39, 0.29) is 11.0 Å². The lowest BCUT2D eigenvalue weighted by atomic mass is 10.1. The third-order valence-corrected chi connectivity index (χ3v) is 3.34. The molecule has 6 heteroatoms. The number of nitrogens with one attached hydrogen (secondary N) is 2. The molecule has 0 fully saturated rings. The number of hydrogen-bond donors (Lipinski definition) is 2. The van der Waals surface area contributed by atoms with E-state index in [1.165, 1.54) is 18.5 Å². The van der Waals surface area contributed by atoms with Gasteiger partial charge in [-0.2, -0.15) is 0 Å². The Morgan fingerprint density at radius 1 is 1.24 bits per heavy atom. The van der Waals surface area contributed by atoms with E-state index in [0.717, 1.165) is 0 Å². The van der Waals surface area contributed by atoms with Gasteiger partial charge in [0.2, 0.25) is 0 Å². The largest absolute Gasteiger partial charge is 0.367 e. The Labute approximate surface area is 124 Å². The van der Waals surface area contributed by atoms with Crippen LogP contribution in [0.1, 0.15) is 10.4 Å². The first kappa shape index (κ1) is 13.3. The van der Waals surface area contributed by atoms with Crippen LogP contribution in [0.15, 0.2) is 53.7 Å². The standard InChI is InChI=1S/C15H10ClN3O2/c16-11-3-4-12(9-2-1-6-18-14(9)11)19-15(21)10-8-17-7-5-13(10)20/h1-8H,(H,17,20)(H,19,21). The second-order valence-corrected chi connectivity index (χ2v) is 4.78. The number of halogens is 1. The Hall–Kier alpha value is -2.66. The van der Waals surface area contributed by atoms with E-state index in [0.29, 0.717) is 21.6 Å². The molecule has 1 aromatic carbocycles. The van der Waals surface area contributed by atoms with Gasteiger partial charge in [-0.1, -0.05) is 11.6 Å². The van der Waals surface area contributed by atoms with E-state index in [9.17, 15) is 9.59 Å². The molecule has 0 spiro atoms. The highest BCUT2D eigenvalue weighted by atomic mass is 35.5. The minimum absolute atomic E-state index is 0.0458. The van der Waals surface area contributed by atoms with Gasteiger partial charge in [0, 0.05) is 30.0 Å². The molecule has 0 aliphatic heterocycles. The Bertz CT molecular complexity index is 889. The molecule has 5 nitrogen and oxygen atoms in total. The van der Waals surface area contributed by atoms with Crippen LogP contribution in [0.25, 0.3) is 10.9 Å². The molecular weight excluding hydrogens is 290 g/mol. The number of rotatable bonds is 2. The first-order chi connectivity index (χ1) is 10.2. The normalized spacial score (nSPS) is 10.5. The molecule has 104 valence electrons. The predicted octanol–water partition coefficient (Wildman–Crippen LogP) is 2.83. The molecule has 2 heterocycles. The third-order valence-electron chi connectivity index (χ3n) is 3.04. The van der Waals surface area contributed by atoms with Crippen molar-refractivity contribution in [3.05, 3.63) is 69.7 Å². The summed E-state index contributed by atoms with van der Waals surface area (Å²) >= 11 is 6.08. The van der Waals surface area contributed by atoms with Crippen LogP contribution in [0.4, 0.5) is 5.69 Å². The van der Waals surface area contributed by atoms with E-state index in [1.54, 1.807) is 30.5 Å². The first-order valence-electron chi connectivity index (χ1n) is 6.18. The molecule has 0 atom stereocenters. The number of carbonyl (C=O) groups excluding carboxylic acids is 1. The monoisotopic (exact) mass is 299 g/mol. The maximum absolute atomic E-state index is 12.2. The third kappa shape index (κ3) is 2.51. The van der Waals surface area contributed by atoms with Crippen molar-refractivity contribution in [3.63, 3.8) is 0 Å². The molecule has 2 aromatic heterocycles. The molecule has 2 N–H and O–H groups in total. The fourth-order valence-electron chi connectivity index (χ4n) is 2.03. The number of anilines is 1. The summed E-state index contributed by atoms with van der Waals surface area (Å²) < 4.78 is 0. The van der Waals surface area contributed by atoms with Crippen molar-refractivity contribution in [1.82, 2.24) is 9.97 Å². The van der Waals surface area contributed by atoms with Gasteiger partial charge in [0.05, 0.1) is 16.2 Å². The van der Waals surface area contributed by atoms with Gasteiger partial charge in [-0.3, -0.25) is 14.6 Å². The molecule has 0 bridgehead atoms. The summed E-state index contributed by atoms with van der Waals surface area (Å²) in [5, 5.41) is 3.93. The van der Waals surface area contributed by atoms with Crippen molar-refractivity contribution in [1.29, 1.82) is 0 Å². The molecular formula is C15H10ClN3O2. The number of nitrogens with zero attached hydrogens (tertiary/aromatic N) is 1. The van der Waals surface area contributed by atoms with Crippen molar-refractivity contribution in [2.24, 2.45) is 0 Å². The van der Waals surface area contributed by atoms with Crippen LogP contribution in [0.3, 0.4) is 0 Å². The van der Waals surface area contributed by atoms with Gasteiger partial charge in [0.1, 0.15) is 5.56 Å².